The zero-order valence-corrected chi connectivity index (χ0v) is 12.8. The van der Waals surface area contributed by atoms with Gasteiger partial charge in [-0.2, -0.15) is 4.31 Å². The maximum Gasteiger partial charge on any atom is 0.249 e. The van der Waals surface area contributed by atoms with Gasteiger partial charge in [-0.25, -0.2) is 17.2 Å². The number of hydrogen-bond donors (Lipinski definition) is 0. The van der Waals surface area contributed by atoms with E-state index in [4.69, 9.17) is 4.74 Å². The van der Waals surface area contributed by atoms with E-state index in [9.17, 15) is 17.2 Å². The number of aromatic nitrogens is 1. The first-order chi connectivity index (χ1) is 11.0. The van der Waals surface area contributed by atoms with Crippen LogP contribution in [-0.2, 0) is 10.0 Å². The molecule has 2 heterocycles. The van der Waals surface area contributed by atoms with Crippen molar-refractivity contribution in [3.05, 3.63) is 54.4 Å². The van der Waals surface area contributed by atoms with Crippen molar-refractivity contribution in [2.75, 3.05) is 13.1 Å². The van der Waals surface area contributed by atoms with Crippen molar-refractivity contribution in [2.24, 2.45) is 0 Å². The Bertz CT molecular complexity index is 779. The fourth-order valence-electron chi connectivity index (χ4n) is 2.48. The fraction of sp³-hybridized carbons (Fsp3) is 0.267. The minimum absolute atomic E-state index is 0.0401. The second kappa shape index (κ2) is 6.21. The van der Waals surface area contributed by atoms with Gasteiger partial charge in [-0.05, 0) is 30.7 Å². The lowest BCUT2D eigenvalue weighted by molar-refractivity contribution is 0.215. The van der Waals surface area contributed by atoms with E-state index in [0.29, 0.717) is 12.2 Å². The molecule has 1 saturated heterocycles. The maximum absolute atomic E-state index is 13.8. The highest BCUT2D eigenvalue weighted by atomic mass is 32.2. The van der Waals surface area contributed by atoms with Crippen LogP contribution >= 0.6 is 0 Å². The molecule has 1 aromatic carbocycles. The number of rotatable bonds is 4. The number of halogens is 2. The molecular formula is C15H14F2N2O3S. The Labute approximate surface area is 132 Å². The molecule has 0 aliphatic carbocycles. The molecule has 0 saturated carbocycles. The molecule has 1 atom stereocenters. The van der Waals surface area contributed by atoms with Crippen LogP contribution in [-0.4, -0.2) is 36.9 Å². The summed E-state index contributed by atoms with van der Waals surface area (Å²) in [6.07, 6.45) is 3.19. The molecule has 0 N–H and O–H groups in total. The molecule has 0 bridgehead atoms. The van der Waals surface area contributed by atoms with E-state index < -0.39 is 26.6 Å². The highest BCUT2D eigenvalue weighted by Gasteiger charge is 2.36. The standard InChI is InChI=1S/C15H14F2N2O3S/c16-13-2-1-3-14(17)15(13)23(20,21)19-9-6-12(10-19)22-11-4-7-18-8-5-11/h1-5,7-8,12H,6,9-10H2. The van der Waals surface area contributed by atoms with Gasteiger partial charge in [0, 0.05) is 18.9 Å². The van der Waals surface area contributed by atoms with Crippen molar-refractivity contribution in [3.63, 3.8) is 0 Å². The number of hydrogen-bond acceptors (Lipinski definition) is 4. The van der Waals surface area contributed by atoms with Crippen molar-refractivity contribution < 1.29 is 21.9 Å². The molecule has 1 unspecified atom stereocenters. The molecule has 8 heteroatoms. The topological polar surface area (TPSA) is 59.5 Å². The lowest BCUT2D eigenvalue weighted by atomic mass is 10.3. The zero-order valence-electron chi connectivity index (χ0n) is 12.0. The van der Waals surface area contributed by atoms with Crippen LogP contribution in [0.1, 0.15) is 6.42 Å². The molecule has 5 nitrogen and oxygen atoms in total. The van der Waals surface area contributed by atoms with E-state index in [0.717, 1.165) is 22.5 Å². The van der Waals surface area contributed by atoms with Gasteiger partial charge in [-0.1, -0.05) is 6.07 Å². The third kappa shape index (κ3) is 3.18. The molecule has 0 spiro atoms. The van der Waals surface area contributed by atoms with Crippen molar-refractivity contribution in [1.29, 1.82) is 0 Å². The van der Waals surface area contributed by atoms with E-state index in [1.807, 2.05) is 0 Å². The lowest BCUT2D eigenvalue weighted by Crippen LogP contribution is -2.32. The monoisotopic (exact) mass is 340 g/mol. The molecular weight excluding hydrogens is 326 g/mol. The first kappa shape index (κ1) is 15.8. The van der Waals surface area contributed by atoms with E-state index in [2.05, 4.69) is 4.98 Å². The minimum atomic E-state index is -4.23. The Balaban J connectivity index is 1.78. The second-order valence-corrected chi connectivity index (χ2v) is 7.00. The Morgan fingerprint density at radius 2 is 1.78 bits per heavy atom. The molecule has 1 aliphatic heterocycles. The van der Waals surface area contributed by atoms with Crippen LogP contribution in [0.2, 0.25) is 0 Å². The smallest absolute Gasteiger partial charge is 0.249 e. The highest BCUT2D eigenvalue weighted by molar-refractivity contribution is 7.89. The van der Waals surface area contributed by atoms with Crippen molar-refractivity contribution >= 4 is 10.0 Å². The molecule has 2 aromatic rings. The average Bonchev–Trinajstić information content (AvgIpc) is 2.97. The van der Waals surface area contributed by atoms with Crippen molar-refractivity contribution in [3.8, 4) is 5.75 Å². The van der Waals surface area contributed by atoms with Crippen molar-refractivity contribution in [1.82, 2.24) is 9.29 Å². The van der Waals surface area contributed by atoms with Crippen LogP contribution in [0.5, 0.6) is 5.75 Å². The van der Waals surface area contributed by atoms with Gasteiger partial charge in [0.1, 0.15) is 23.5 Å². The molecule has 0 radical (unpaired) electrons. The SMILES string of the molecule is O=S(=O)(c1c(F)cccc1F)N1CCC(Oc2ccncc2)C1. The molecule has 1 aliphatic rings. The maximum atomic E-state index is 13.8. The third-order valence-corrected chi connectivity index (χ3v) is 5.49. The number of nitrogens with zero attached hydrogens (tertiary/aromatic N) is 2. The Morgan fingerprint density at radius 3 is 2.43 bits per heavy atom. The first-order valence-electron chi connectivity index (χ1n) is 6.99. The number of ether oxygens (including phenoxy) is 1. The predicted molar refractivity (Wildman–Crippen MR) is 78.4 cm³/mol. The lowest BCUT2D eigenvalue weighted by Gasteiger charge is -2.18. The molecule has 1 fully saturated rings. The van der Waals surface area contributed by atoms with Gasteiger partial charge in [0.05, 0.1) is 6.54 Å². The van der Waals surface area contributed by atoms with Crippen LogP contribution < -0.4 is 4.74 Å². The van der Waals surface area contributed by atoms with Gasteiger partial charge in [0.2, 0.25) is 10.0 Å². The number of sulfonamides is 1. The second-order valence-electron chi connectivity index (χ2n) is 5.13. The average molecular weight is 340 g/mol. The molecule has 0 amide bonds. The summed E-state index contributed by atoms with van der Waals surface area (Å²) in [4.78, 5) is 2.95. The van der Waals surface area contributed by atoms with Gasteiger partial charge in [0.15, 0.2) is 4.90 Å². The fourth-order valence-corrected chi connectivity index (χ4v) is 4.07. The number of benzene rings is 1. The Morgan fingerprint density at radius 1 is 1.13 bits per heavy atom. The predicted octanol–water partition coefficient (Wildman–Crippen LogP) is 2.20. The normalized spacial score (nSPS) is 19.0. The Kier molecular flexibility index (Phi) is 4.27. The molecule has 23 heavy (non-hydrogen) atoms. The summed E-state index contributed by atoms with van der Waals surface area (Å²) in [5.41, 5.74) is 0. The summed E-state index contributed by atoms with van der Waals surface area (Å²) in [5.74, 6) is -1.62. The van der Waals surface area contributed by atoms with Gasteiger partial charge in [-0.15, -0.1) is 0 Å². The molecule has 3 rings (SSSR count). The Hall–Kier alpha value is -2.06. The zero-order chi connectivity index (χ0) is 16.4. The molecule has 122 valence electrons. The van der Waals surface area contributed by atoms with Crippen LogP contribution in [0.25, 0.3) is 0 Å². The van der Waals surface area contributed by atoms with E-state index in [-0.39, 0.29) is 19.2 Å². The summed E-state index contributed by atoms with van der Waals surface area (Å²) >= 11 is 0. The van der Waals surface area contributed by atoms with E-state index in [1.165, 1.54) is 0 Å². The van der Waals surface area contributed by atoms with Crippen LogP contribution in [0, 0.1) is 11.6 Å². The highest BCUT2D eigenvalue weighted by Crippen LogP contribution is 2.27. The minimum Gasteiger partial charge on any atom is -0.489 e. The summed E-state index contributed by atoms with van der Waals surface area (Å²) < 4.78 is 59.1. The van der Waals surface area contributed by atoms with Gasteiger partial charge in [0.25, 0.3) is 0 Å². The van der Waals surface area contributed by atoms with Gasteiger partial charge < -0.3 is 4.74 Å². The van der Waals surface area contributed by atoms with E-state index in [1.54, 1.807) is 24.5 Å². The van der Waals surface area contributed by atoms with Crippen LogP contribution in [0.3, 0.4) is 0 Å². The summed E-state index contributed by atoms with van der Waals surface area (Å²) in [6, 6.07) is 6.30. The van der Waals surface area contributed by atoms with E-state index >= 15 is 0 Å². The summed E-state index contributed by atoms with van der Waals surface area (Å²) in [7, 11) is -4.23. The van der Waals surface area contributed by atoms with Gasteiger partial charge >= 0.3 is 0 Å². The van der Waals surface area contributed by atoms with Crippen molar-refractivity contribution in [2.45, 2.75) is 17.4 Å². The first-order valence-corrected chi connectivity index (χ1v) is 8.43. The summed E-state index contributed by atoms with van der Waals surface area (Å²) in [6.45, 7) is 0.185. The number of pyridine rings is 1. The van der Waals surface area contributed by atoms with Crippen LogP contribution in [0.4, 0.5) is 8.78 Å². The molecule has 1 aromatic heterocycles. The third-order valence-electron chi connectivity index (χ3n) is 3.58. The summed E-state index contributed by atoms with van der Waals surface area (Å²) in [5, 5.41) is 0. The quantitative estimate of drug-likeness (QED) is 0.856. The largest absolute Gasteiger partial charge is 0.489 e. The van der Waals surface area contributed by atoms with Crippen LogP contribution in [0.15, 0.2) is 47.6 Å². The van der Waals surface area contributed by atoms with Gasteiger partial charge in [-0.3, -0.25) is 4.98 Å².